The number of thioether (sulfide) groups is 1. The van der Waals surface area contributed by atoms with Crippen molar-refractivity contribution in [1.82, 2.24) is 16.0 Å². The van der Waals surface area contributed by atoms with Gasteiger partial charge >= 0.3 is 0 Å². The predicted molar refractivity (Wildman–Crippen MR) is 89.8 cm³/mol. The zero-order valence-electron chi connectivity index (χ0n) is 13.7. The molecule has 2 fully saturated rings. The number of rotatable bonds is 7. The van der Waals surface area contributed by atoms with Crippen LogP contribution in [0.5, 0.6) is 0 Å². The molecule has 5 N–H and O–H groups in total. The highest BCUT2D eigenvalue weighted by Crippen LogP contribution is 2.30. The molecule has 8 heteroatoms. The Morgan fingerprint density at radius 2 is 2.09 bits per heavy atom. The van der Waals surface area contributed by atoms with Gasteiger partial charge in [0, 0.05) is 12.3 Å². The first-order valence-electron chi connectivity index (χ1n) is 8.14. The van der Waals surface area contributed by atoms with Gasteiger partial charge in [-0.25, -0.2) is 0 Å². The van der Waals surface area contributed by atoms with Crippen molar-refractivity contribution in [3.05, 3.63) is 0 Å². The van der Waals surface area contributed by atoms with Crippen LogP contribution in [0.25, 0.3) is 0 Å². The molecule has 2 saturated heterocycles. The van der Waals surface area contributed by atoms with Crippen LogP contribution in [0.2, 0.25) is 0 Å². The molecule has 2 aliphatic rings. The third-order valence-electron chi connectivity index (χ3n) is 4.21. The van der Waals surface area contributed by atoms with Gasteiger partial charge in [-0.15, -0.1) is 11.8 Å². The Labute approximate surface area is 140 Å². The van der Waals surface area contributed by atoms with E-state index in [4.69, 9.17) is 5.73 Å². The molecule has 0 bridgehead atoms. The van der Waals surface area contributed by atoms with E-state index in [-0.39, 0.29) is 23.7 Å². The molecule has 0 aromatic heterocycles. The second-order valence-corrected chi connectivity index (χ2v) is 7.83. The van der Waals surface area contributed by atoms with Crippen LogP contribution in [0.4, 0.5) is 0 Å². The lowest BCUT2D eigenvalue weighted by atomic mass is 9.95. The molecule has 130 valence electrons. The molecule has 0 radical (unpaired) electrons. The van der Waals surface area contributed by atoms with Gasteiger partial charge < -0.3 is 16.4 Å². The first-order chi connectivity index (χ1) is 10.9. The summed E-state index contributed by atoms with van der Waals surface area (Å²) in [7, 11) is 0. The predicted octanol–water partition coefficient (Wildman–Crippen LogP) is -0.644. The molecular weight excluding hydrogens is 316 g/mol. The van der Waals surface area contributed by atoms with Crippen LogP contribution in [0, 0.1) is 5.92 Å². The summed E-state index contributed by atoms with van der Waals surface area (Å²) in [5.41, 5.74) is 5.49. The van der Waals surface area contributed by atoms with Gasteiger partial charge in [0.25, 0.3) is 5.91 Å². The summed E-state index contributed by atoms with van der Waals surface area (Å²) < 4.78 is 0. The molecule has 0 aromatic rings. The fourth-order valence-corrected chi connectivity index (χ4v) is 4.19. The number of nitrogens with two attached hydrogens (primary N) is 1. The zero-order valence-corrected chi connectivity index (χ0v) is 14.5. The van der Waals surface area contributed by atoms with Crippen LogP contribution in [-0.2, 0) is 14.4 Å². The lowest BCUT2D eigenvalue weighted by Crippen LogP contribution is -2.62. The van der Waals surface area contributed by atoms with Crippen molar-refractivity contribution < 1.29 is 14.4 Å². The molecule has 3 atom stereocenters. The van der Waals surface area contributed by atoms with Crippen molar-refractivity contribution in [2.75, 3.05) is 18.8 Å². The van der Waals surface area contributed by atoms with Gasteiger partial charge in [0.1, 0.15) is 0 Å². The summed E-state index contributed by atoms with van der Waals surface area (Å²) in [6, 6.07) is -0.971. The number of carbonyl (C=O) groups excluding carboxylic acids is 3. The fraction of sp³-hybridized carbons (Fsp3) is 0.800. The summed E-state index contributed by atoms with van der Waals surface area (Å²) in [5.74, 6) is -0.359. The van der Waals surface area contributed by atoms with Crippen LogP contribution in [0.15, 0.2) is 0 Å². The topological polar surface area (TPSA) is 113 Å². The van der Waals surface area contributed by atoms with E-state index in [1.807, 2.05) is 13.8 Å². The molecule has 2 aliphatic heterocycles. The van der Waals surface area contributed by atoms with Gasteiger partial charge in [-0.05, 0) is 31.7 Å². The molecule has 2 rings (SSSR count). The third kappa shape index (κ3) is 4.05. The minimum Gasteiger partial charge on any atom is -0.367 e. The van der Waals surface area contributed by atoms with E-state index in [0.29, 0.717) is 18.7 Å². The van der Waals surface area contributed by atoms with Gasteiger partial charge in [0.05, 0.1) is 12.1 Å². The Kier molecular flexibility index (Phi) is 6.05. The molecule has 0 aromatic carbocycles. The summed E-state index contributed by atoms with van der Waals surface area (Å²) in [5, 5.41) is 8.89. The highest BCUT2D eigenvalue weighted by atomic mass is 32.2. The third-order valence-corrected chi connectivity index (χ3v) is 5.59. The van der Waals surface area contributed by atoms with E-state index in [0.717, 1.165) is 19.4 Å². The minimum absolute atomic E-state index is 0.177. The molecule has 2 amide bonds. The van der Waals surface area contributed by atoms with E-state index in [2.05, 4.69) is 16.0 Å². The molecule has 23 heavy (non-hydrogen) atoms. The molecule has 2 heterocycles. The number of Topliss-reactive ketones (excluding diaryl/α,β-unsaturated/α-hetero) is 1. The maximum absolute atomic E-state index is 13.0. The first-order valence-corrected chi connectivity index (χ1v) is 9.12. The lowest BCUT2D eigenvalue weighted by Gasteiger charge is -2.30. The zero-order chi connectivity index (χ0) is 17.0. The number of nitrogens with one attached hydrogen (secondary N) is 3. The van der Waals surface area contributed by atoms with Crippen LogP contribution in [-0.4, -0.2) is 53.4 Å². The largest absolute Gasteiger partial charge is 0.367 e. The fourth-order valence-electron chi connectivity index (χ4n) is 3.05. The monoisotopic (exact) mass is 342 g/mol. The van der Waals surface area contributed by atoms with Gasteiger partial charge in [0.15, 0.2) is 5.78 Å². The molecular formula is C15H26N4O3S. The van der Waals surface area contributed by atoms with Crippen molar-refractivity contribution in [3.8, 4) is 0 Å². The summed E-state index contributed by atoms with van der Waals surface area (Å²) in [6.45, 7) is 5.31. The Morgan fingerprint density at radius 3 is 2.57 bits per heavy atom. The normalized spacial score (nSPS) is 28.7. The molecule has 0 aliphatic carbocycles. The highest BCUT2D eigenvalue weighted by molar-refractivity contribution is 8.02. The minimum atomic E-state index is -1.42. The molecule has 7 nitrogen and oxygen atoms in total. The van der Waals surface area contributed by atoms with Crippen LogP contribution >= 0.6 is 11.8 Å². The second kappa shape index (κ2) is 7.63. The van der Waals surface area contributed by atoms with Gasteiger partial charge in [0.2, 0.25) is 10.8 Å². The maximum atomic E-state index is 13.0. The van der Waals surface area contributed by atoms with E-state index in [1.165, 1.54) is 11.8 Å². The average Bonchev–Trinajstić information content (AvgIpc) is 3.17. The SMILES string of the molecule is CC(C)CC(NC(=O)[C@@H]1CCCN1)C(=O)C1(C(N)=O)NCCS1. The van der Waals surface area contributed by atoms with Crippen LogP contribution < -0.4 is 21.7 Å². The standard InChI is InChI=1S/C15H26N4O3S/c1-9(2)8-11(19-13(21)10-4-3-5-17-10)12(20)15(14(16)22)18-6-7-23-15/h9-11,17-18H,3-8H2,1-2H3,(H2,16,22)(H,19,21)/t10-,11?,15?/m0/s1. The maximum Gasteiger partial charge on any atom is 0.256 e. The van der Waals surface area contributed by atoms with E-state index in [1.54, 1.807) is 0 Å². The number of primary amides is 1. The molecule has 2 unspecified atom stereocenters. The first kappa shape index (κ1) is 18.2. The van der Waals surface area contributed by atoms with E-state index < -0.39 is 16.8 Å². The van der Waals surface area contributed by atoms with E-state index in [9.17, 15) is 14.4 Å². The Bertz CT molecular complexity index is 471. The van der Waals surface area contributed by atoms with Gasteiger partial charge in [-0.3, -0.25) is 19.7 Å². The molecule has 0 saturated carbocycles. The smallest absolute Gasteiger partial charge is 0.256 e. The van der Waals surface area contributed by atoms with Crippen molar-refractivity contribution in [1.29, 1.82) is 0 Å². The summed E-state index contributed by atoms with van der Waals surface area (Å²) in [4.78, 5) is 35.8. The number of carbonyl (C=O) groups is 3. The van der Waals surface area contributed by atoms with Gasteiger partial charge in [-0.1, -0.05) is 13.8 Å². The Hall–Kier alpha value is -1.12. The van der Waals surface area contributed by atoms with Crippen molar-refractivity contribution in [2.24, 2.45) is 11.7 Å². The van der Waals surface area contributed by atoms with Crippen LogP contribution in [0.1, 0.15) is 33.1 Å². The van der Waals surface area contributed by atoms with Crippen molar-refractivity contribution in [2.45, 2.75) is 50.1 Å². The van der Waals surface area contributed by atoms with Crippen LogP contribution in [0.3, 0.4) is 0 Å². The van der Waals surface area contributed by atoms with Crippen molar-refractivity contribution in [3.63, 3.8) is 0 Å². The average molecular weight is 342 g/mol. The Morgan fingerprint density at radius 1 is 1.35 bits per heavy atom. The summed E-state index contributed by atoms with van der Waals surface area (Å²) >= 11 is 1.22. The molecule has 0 spiro atoms. The number of hydrogen-bond acceptors (Lipinski definition) is 6. The number of hydrogen-bond donors (Lipinski definition) is 4. The van der Waals surface area contributed by atoms with Crippen molar-refractivity contribution >= 4 is 29.4 Å². The lowest BCUT2D eigenvalue weighted by molar-refractivity contribution is -0.135. The quantitative estimate of drug-likeness (QED) is 0.458. The number of amides is 2. The second-order valence-electron chi connectivity index (χ2n) is 6.52. The Balaban J connectivity index is 2.14. The van der Waals surface area contributed by atoms with Gasteiger partial charge in [-0.2, -0.15) is 0 Å². The van der Waals surface area contributed by atoms with E-state index >= 15 is 0 Å². The number of ketones is 1. The summed E-state index contributed by atoms with van der Waals surface area (Å²) in [6.07, 6.45) is 2.19. The highest BCUT2D eigenvalue weighted by Gasteiger charge is 2.50.